The quantitative estimate of drug-likeness (QED) is 0.659. The number of benzene rings is 1. The number of aromatic nitrogens is 2. The van der Waals surface area contributed by atoms with Crippen LogP contribution in [0.2, 0.25) is 5.02 Å². The molecule has 0 aliphatic heterocycles. The highest BCUT2D eigenvalue weighted by atomic mass is 35.5. The summed E-state index contributed by atoms with van der Waals surface area (Å²) in [6, 6.07) is 7.42. The zero-order chi connectivity index (χ0) is 13.3. The van der Waals surface area contributed by atoms with Gasteiger partial charge in [0.15, 0.2) is 0 Å². The number of nitrogen functional groups attached to an aromatic ring is 1. The van der Waals surface area contributed by atoms with Crippen molar-refractivity contribution in [3.05, 3.63) is 51.8 Å². The molecular formula is C13H15ClN4. The van der Waals surface area contributed by atoms with Crippen LogP contribution in [0.25, 0.3) is 0 Å². The molecule has 0 saturated carbocycles. The summed E-state index contributed by atoms with van der Waals surface area (Å²) in [5.74, 6) is 0.0227. The van der Waals surface area contributed by atoms with E-state index >= 15 is 0 Å². The fourth-order valence-electron chi connectivity index (χ4n) is 1.84. The minimum absolute atomic E-state index is 0.0227. The number of amidine groups is 1. The molecule has 0 atom stereocenters. The lowest BCUT2D eigenvalue weighted by atomic mass is 10.1. The van der Waals surface area contributed by atoms with Crippen LogP contribution in [0.4, 0.5) is 0 Å². The Morgan fingerprint density at radius 3 is 2.61 bits per heavy atom. The van der Waals surface area contributed by atoms with Crippen molar-refractivity contribution in [2.45, 2.75) is 20.4 Å². The predicted octanol–water partition coefficient (Wildman–Crippen LogP) is 2.49. The molecule has 0 spiro atoms. The van der Waals surface area contributed by atoms with Gasteiger partial charge in [-0.05, 0) is 31.5 Å². The Morgan fingerprint density at radius 2 is 2.11 bits per heavy atom. The van der Waals surface area contributed by atoms with Crippen LogP contribution in [-0.4, -0.2) is 15.6 Å². The summed E-state index contributed by atoms with van der Waals surface area (Å²) in [6.45, 7) is 4.60. The molecule has 0 fully saturated rings. The minimum Gasteiger partial charge on any atom is -0.384 e. The van der Waals surface area contributed by atoms with E-state index in [4.69, 9.17) is 22.7 Å². The van der Waals surface area contributed by atoms with E-state index in [2.05, 4.69) is 5.10 Å². The predicted molar refractivity (Wildman–Crippen MR) is 73.3 cm³/mol. The largest absolute Gasteiger partial charge is 0.384 e. The third kappa shape index (κ3) is 2.54. The van der Waals surface area contributed by atoms with E-state index < -0.39 is 0 Å². The van der Waals surface area contributed by atoms with E-state index in [0.717, 1.165) is 17.0 Å². The minimum atomic E-state index is 0.0227. The van der Waals surface area contributed by atoms with Crippen LogP contribution in [-0.2, 0) is 6.54 Å². The molecule has 0 amide bonds. The van der Waals surface area contributed by atoms with Gasteiger partial charge in [0.1, 0.15) is 5.84 Å². The summed E-state index contributed by atoms with van der Waals surface area (Å²) in [4.78, 5) is 0. The van der Waals surface area contributed by atoms with Gasteiger partial charge < -0.3 is 5.73 Å². The van der Waals surface area contributed by atoms with E-state index in [1.54, 1.807) is 12.1 Å². The maximum Gasteiger partial charge on any atom is 0.122 e. The number of hydrogen-bond donors (Lipinski definition) is 2. The molecule has 1 heterocycles. The monoisotopic (exact) mass is 262 g/mol. The first kappa shape index (κ1) is 12.6. The molecule has 5 heteroatoms. The first-order chi connectivity index (χ1) is 8.47. The van der Waals surface area contributed by atoms with Crippen molar-refractivity contribution in [1.29, 1.82) is 5.41 Å². The fraction of sp³-hybridized carbons (Fsp3) is 0.231. The van der Waals surface area contributed by atoms with Crippen molar-refractivity contribution in [1.82, 2.24) is 9.78 Å². The van der Waals surface area contributed by atoms with E-state index in [0.29, 0.717) is 17.1 Å². The van der Waals surface area contributed by atoms with Crippen LogP contribution in [0.5, 0.6) is 0 Å². The third-order valence-electron chi connectivity index (χ3n) is 2.79. The Hall–Kier alpha value is -1.81. The number of hydrogen-bond acceptors (Lipinski definition) is 2. The van der Waals surface area contributed by atoms with Crippen molar-refractivity contribution in [3.8, 4) is 0 Å². The van der Waals surface area contributed by atoms with Crippen LogP contribution in [0.15, 0.2) is 24.3 Å². The second-order valence-electron chi connectivity index (χ2n) is 4.30. The highest BCUT2D eigenvalue weighted by Crippen LogP contribution is 2.19. The van der Waals surface area contributed by atoms with E-state index in [1.165, 1.54) is 0 Å². The summed E-state index contributed by atoms with van der Waals surface area (Å²) in [5, 5.41) is 12.4. The molecule has 94 valence electrons. The van der Waals surface area contributed by atoms with Crippen LogP contribution < -0.4 is 5.73 Å². The molecule has 1 aromatic heterocycles. The molecular weight excluding hydrogens is 248 g/mol. The average Bonchev–Trinajstić information content (AvgIpc) is 2.60. The van der Waals surface area contributed by atoms with Gasteiger partial charge >= 0.3 is 0 Å². The molecule has 0 unspecified atom stereocenters. The lowest BCUT2D eigenvalue weighted by molar-refractivity contribution is 0.659. The van der Waals surface area contributed by atoms with Gasteiger partial charge in [0.05, 0.1) is 12.2 Å². The Labute approximate surface area is 111 Å². The topological polar surface area (TPSA) is 67.7 Å². The van der Waals surface area contributed by atoms with Crippen LogP contribution >= 0.6 is 11.6 Å². The van der Waals surface area contributed by atoms with Crippen molar-refractivity contribution in [2.24, 2.45) is 5.73 Å². The highest BCUT2D eigenvalue weighted by Gasteiger charge is 2.07. The van der Waals surface area contributed by atoms with Gasteiger partial charge in [0.25, 0.3) is 0 Å². The second kappa shape index (κ2) is 4.82. The second-order valence-corrected chi connectivity index (χ2v) is 4.71. The molecule has 0 aliphatic carbocycles. The Bertz CT molecular complexity index is 601. The number of rotatable bonds is 3. The number of halogens is 1. The van der Waals surface area contributed by atoms with Crippen LogP contribution in [0.1, 0.15) is 22.5 Å². The summed E-state index contributed by atoms with van der Waals surface area (Å²) in [7, 11) is 0. The fourth-order valence-corrected chi connectivity index (χ4v) is 2.08. The molecule has 18 heavy (non-hydrogen) atoms. The molecule has 4 nitrogen and oxygen atoms in total. The third-order valence-corrected chi connectivity index (χ3v) is 3.14. The van der Waals surface area contributed by atoms with Crippen molar-refractivity contribution in [2.75, 3.05) is 0 Å². The summed E-state index contributed by atoms with van der Waals surface area (Å²) in [5.41, 5.74) is 9.11. The number of nitrogens with one attached hydrogen (secondary N) is 1. The summed E-state index contributed by atoms with van der Waals surface area (Å²) in [6.07, 6.45) is 0. The van der Waals surface area contributed by atoms with Crippen molar-refractivity contribution in [3.63, 3.8) is 0 Å². The number of nitrogens with two attached hydrogens (primary N) is 1. The Morgan fingerprint density at radius 1 is 1.39 bits per heavy atom. The zero-order valence-corrected chi connectivity index (χ0v) is 11.1. The first-order valence-corrected chi connectivity index (χ1v) is 5.99. The lowest BCUT2D eigenvalue weighted by Gasteiger charge is -2.08. The van der Waals surface area contributed by atoms with Crippen LogP contribution in [0, 0.1) is 19.3 Å². The highest BCUT2D eigenvalue weighted by molar-refractivity contribution is 6.31. The standard InChI is InChI=1S/C13H15ClN4/c1-8-5-9(2)18(17-8)7-11-4-3-10(13(15)16)6-12(11)14/h3-6H,7H2,1-2H3,(H3,15,16). The molecule has 0 aliphatic rings. The molecule has 2 aromatic rings. The molecule has 3 N–H and O–H groups in total. The van der Waals surface area contributed by atoms with Gasteiger partial charge in [0.2, 0.25) is 0 Å². The van der Waals surface area contributed by atoms with E-state index in [1.807, 2.05) is 30.7 Å². The van der Waals surface area contributed by atoms with Gasteiger partial charge in [-0.1, -0.05) is 23.7 Å². The van der Waals surface area contributed by atoms with E-state index in [9.17, 15) is 0 Å². The smallest absolute Gasteiger partial charge is 0.122 e. The maximum absolute atomic E-state index is 7.36. The van der Waals surface area contributed by atoms with Crippen LogP contribution in [0.3, 0.4) is 0 Å². The number of nitrogens with zero attached hydrogens (tertiary/aromatic N) is 2. The number of aryl methyl sites for hydroxylation is 2. The van der Waals surface area contributed by atoms with Gasteiger partial charge in [-0.15, -0.1) is 0 Å². The van der Waals surface area contributed by atoms with Crippen molar-refractivity contribution < 1.29 is 0 Å². The summed E-state index contributed by atoms with van der Waals surface area (Å²) >= 11 is 6.19. The lowest BCUT2D eigenvalue weighted by Crippen LogP contribution is -2.11. The summed E-state index contributed by atoms with van der Waals surface area (Å²) < 4.78 is 1.91. The average molecular weight is 263 g/mol. The van der Waals surface area contributed by atoms with Gasteiger partial charge in [-0.3, -0.25) is 10.1 Å². The molecule has 0 saturated heterocycles. The normalized spacial score (nSPS) is 10.6. The van der Waals surface area contributed by atoms with E-state index in [-0.39, 0.29) is 5.84 Å². The molecule has 1 aromatic carbocycles. The van der Waals surface area contributed by atoms with Gasteiger partial charge in [0, 0.05) is 16.3 Å². The first-order valence-electron chi connectivity index (χ1n) is 5.61. The molecule has 2 rings (SSSR count). The van der Waals surface area contributed by atoms with Crippen molar-refractivity contribution >= 4 is 17.4 Å². The maximum atomic E-state index is 7.36. The molecule has 0 bridgehead atoms. The van der Waals surface area contributed by atoms with Gasteiger partial charge in [-0.25, -0.2) is 0 Å². The molecule has 0 radical (unpaired) electrons. The van der Waals surface area contributed by atoms with Gasteiger partial charge in [-0.2, -0.15) is 5.10 Å². The Kier molecular flexibility index (Phi) is 3.39. The zero-order valence-electron chi connectivity index (χ0n) is 10.4. The Balaban J connectivity index is 2.30. The SMILES string of the molecule is Cc1cc(C)n(Cc2ccc(C(=N)N)cc2Cl)n1.